The van der Waals surface area contributed by atoms with Crippen LogP contribution in [0.25, 0.3) is 10.1 Å². The van der Waals surface area contributed by atoms with Gasteiger partial charge in [-0.25, -0.2) is 4.98 Å². The topological polar surface area (TPSA) is 24.9 Å². The lowest BCUT2D eigenvalue weighted by Crippen LogP contribution is -2.01. The number of rotatable bonds is 4. The van der Waals surface area contributed by atoms with Crippen LogP contribution in [0.5, 0.6) is 0 Å². The van der Waals surface area contributed by atoms with Crippen LogP contribution in [0, 0.1) is 0 Å². The lowest BCUT2D eigenvalue weighted by Gasteiger charge is -2.03. The Bertz CT molecular complexity index is 434. The van der Waals surface area contributed by atoms with Crippen molar-refractivity contribution >= 4 is 27.2 Å². The third kappa shape index (κ3) is 1.77. The first-order chi connectivity index (χ1) is 6.92. The van der Waals surface area contributed by atoms with Gasteiger partial charge in [-0.15, -0.1) is 17.9 Å². The van der Waals surface area contributed by atoms with Crippen molar-refractivity contribution in [1.29, 1.82) is 0 Å². The monoisotopic (exact) mass is 204 g/mol. The maximum atomic E-state index is 4.32. The molecule has 14 heavy (non-hydrogen) atoms. The van der Waals surface area contributed by atoms with Crippen molar-refractivity contribution in [3.8, 4) is 0 Å². The van der Waals surface area contributed by atoms with Crippen LogP contribution in [0.15, 0.2) is 36.4 Å². The minimum absolute atomic E-state index is 0.896. The first-order valence-electron chi connectivity index (χ1n) is 4.59. The van der Waals surface area contributed by atoms with Crippen LogP contribution in [0.2, 0.25) is 0 Å². The maximum absolute atomic E-state index is 4.32. The van der Waals surface area contributed by atoms with Crippen LogP contribution in [0.4, 0.5) is 5.82 Å². The highest BCUT2D eigenvalue weighted by atomic mass is 32.1. The third-order valence-electron chi connectivity index (χ3n) is 2.01. The molecule has 72 valence electrons. The lowest BCUT2D eigenvalue weighted by molar-refractivity contribution is 1.06. The average Bonchev–Trinajstić information content (AvgIpc) is 2.67. The molecule has 0 unspecified atom stereocenters. The number of anilines is 1. The van der Waals surface area contributed by atoms with E-state index in [4.69, 9.17) is 0 Å². The van der Waals surface area contributed by atoms with Gasteiger partial charge in [0, 0.05) is 12.7 Å². The summed E-state index contributed by atoms with van der Waals surface area (Å²) in [6, 6.07) is 4.14. The molecule has 0 atom stereocenters. The van der Waals surface area contributed by atoms with E-state index in [1.54, 1.807) is 11.3 Å². The Morgan fingerprint density at radius 3 is 3.29 bits per heavy atom. The van der Waals surface area contributed by atoms with Gasteiger partial charge in [-0.3, -0.25) is 0 Å². The van der Waals surface area contributed by atoms with Gasteiger partial charge in [0.2, 0.25) is 0 Å². The summed E-state index contributed by atoms with van der Waals surface area (Å²) in [6.45, 7) is 4.58. The van der Waals surface area contributed by atoms with Gasteiger partial charge in [0.25, 0.3) is 0 Å². The average molecular weight is 204 g/mol. The van der Waals surface area contributed by atoms with E-state index in [0.717, 1.165) is 18.8 Å². The maximum Gasteiger partial charge on any atom is 0.143 e. The molecule has 2 heterocycles. The van der Waals surface area contributed by atoms with E-state index in [-0.39, 0.29) is 0 Å². The van der Waals surface area contributed by atoms with Crippen molar-refractivity contribution in [1.82, 2.24) is 4.98 Å². The summed E-state index contributed by atoms with van der Waals surface area (Å²) in [5.74, 6) is 0.986. The quantitative estimate of drug-likeness (QED) is 0.610. The molecular formula is C11H12N2S. The molecule has 0 aromatic carbocycles. The fourth-order valence-corrected chi connectivity index (χ4v) is 2.17. The molecule has 2 rings (SSSR count). The molecule has 0 amide bonds. The van der Waals surface area contributed by atoms with E-state index in [9.17, 15) is 0 Å². The Hall–Kier alpha value is -1.35. The van der Waals surface area contributed by atoms with Crippen molar-refractivity contribution in [3.63, 3.8) is 0 Å². The molecule has 1 N–H and O–H groups in total. The highest BCUT2D eigenvalue weighted by Crippen LogP contribution is 2.26. The molecular weight excluding hydrogens is 192 g/mol. The van der Waals surface area contributed by atoms with Gasteiger partial charge in [-0.1, -0.05) is 6.08 Å². The van der Waals surface area contributed by atoms with E-state index in [1.165, 1.54) is 10.1 Å². The normalized spacial score (nSPS) is 10.3. The molecule has 0 saturated heterocycles. The van der Waals surface area contributed by atoms with Gasteiger partial charge in [0.05, 0.1) is 4.70 Å². The Kier molecular flexibility index (Phi) is 2.79. The van der Waals surface area contributed by atoms with Gasteiger partial charge in [-0.05, 0) is 29.3 Å². The highest BCUT2D eigenvalue weighted by molar-refractivity contribution is 7.17. The Morgan fingerprint density at radius 1 is 1.50 bits per heavy atom. The summed E-state index contributed by atoms with van der Waals surface area (Å²) < 4.78 is 1.23. The van der Waals surface area contributed by atoms with Crippen molar-refractivity contribution < 1.29 is 0 Å². The van der Waals surface area contributed by atoms with Crippen LogP contribution in [0.3, 0.4) is 0 Å². The number of hydrogen-bond acceptors (Lipinski definition) is 3. The summed E-state index contributed by atoms with van der Waals surface area (Å²) in [5, 5.41) is 6.65. The van der Waals surface area contributed by atoms with E-state index >= 15 is 0 Å². The molecule has 0 aliphatic carbocycles. The smallest absolute Gasteiger partial charge is 0.143 e. The zero-order valence-corrected chi connectivity index (χ0v) is 8.68. The van der Waals surface area contributed by atoms with Crippen molar-refractivity contribution in [2.45, 2.75) is 6.42 Å². The minimum Gasteiger partial charge on any atom is -0.369 e. The van der Waals surface area contributed by atoms with Gasteiger partial charge >= 0.3 is 0 Å². The molecule has 2 nitrogen and oxygen atoms in total. The second-order valence-electron chi connectivity index (χ2n) is 3.00. The number of fused-ring (bicyclic) bond motifs is 1. The fraction of sp³-hybridized carbons (Fsp3) is 0.182. The van der Waals surface area contributed by atoms with Crippen LogP contribution >= 0.6 is 11.3 Å². The molecule has 2 aromatic heterocycles. The summed E-state index contributed by atoms with van der Waals surface area (Å²) in [6.07, 6.45) is 4.70. The largest absolute Gasteiger partial charge is 0.369 e. The van der Waals surface area contributed by atoms with E-state index in [1.807, 2.05) is 18.3 Å². The molecule has 3 heteroatoms. The second-order valence-corrected chi connectivity index (χ2v) is 3.92. The molecule has 0 bridgehead atoms. The van der Waals surface area contributed by atoms with Gasteiger partial charge < -0.3 is 5.32 Å². The highest BCUT2D eigenvalue weighted by Gasteiger charge is 2.01. The summed E-state index contributed by atoms with van der Waals surface area (Å²) in [5.41, 5.74) is 0. The predicted octanol–water partition coefficient (Wildman–Crippen LogP) is 3.28. The minimum atomic E-state index is 0.896. The zero-order valence-electron chi connectivity index (χ0n) is 7.86. The van der Waals surface area contributed by atoms with E-state index in [0.29, 0.717) is 0 Å². The second kappa shape index (κ2) is 4.24. The number of aromatic nitrogens is 1. The number of hydrogen-bond donors (Lipinski definition) is 1. The standard InChI is InChI=1S/C11H12N2S/c1-2-3-6-12-11-10-9(4-7-13-11)5-8-14-10/h2,4-5,7-8H,1,3,6H2,(H,12,13). The fourth-order valence-electron chi connectivity index (χ4n) is 1.31. The van der Waals surface area contributed by atoms with Crippen molar-refractivity contribution in [2.24, 2.45) is 0 Å². The van der Waals surface area contributed by atoms with Crippen molar-refractivity contribution in [3.05, 3.63) is 36.4 Å². The van der Waals surface area contributed by atoms with Gasteiger partial charge in [0.1, 0.15) is 5.82 Å². The van der Waals surface area contributed by atoms with Crippen LogP contribution in [-0.4, -0.2) is 11.5 Å². The first-order valence-corrected chi connectivity index (χ1v) is 5.47. The molecule has 0 aliphatic heterocycles. The summed E-state index contributed by atoms with van der Waals surface area (Å²) >= 11 is 1.72. The van der Waals surface area contributed by atoms with Crippen molar-refractivity contribution in [2.75, 3.05) is 11.9 Å². The summed E-state index contributed by atoms with van der Waals surface area (Å²) in [4.78, 5) is 4.32. The molecule has 0 aliphatic rings. The molecule has 0 fully saturated rings. The SMILES string of the molecule is C=CCCNc1nccc2ccsc12. The van der Waals surface area contributed by atoms with Gasteiger partial charge in [0.15, 0.2) is 0 Å². The number of thiophene rings is 1. The Morgan fingerprint density at radius 2 is 2.43 bits per heavy atom. The number of nitrogens with one attached hydrogen (secondary N) is 1. The molecule has 0 spiro atoms. The molecule has 0 radical (unpaired) electrons. The number of nitrogens with zero attached hydrogens (tertiary/aromatic N) is 1. The molecule has 0 saturated carbocycles. The van der Waals surface area contributed by atoms with Crippen LogP contribution in [-0.2, 0) is 0 Å². The third-order valence-corrected chi connectivity index (χ3v) is 2.95. The summed E-state index contributed by atoms with van der Waals surface area (Å²) in [7, 11) is 0. The predicted molar refractivity (Wildman–Crippen MR) is 62.9 cm³/mol. The zero-order chi connectivity index (χ0) is 9.80. The van der Waals surface area contributed by atoms with Gasteiger partial charge in [-0.2, -0.15) is 0 Å². The molecule has 2 aromatic rings. The number of pyridine rings is 1. The Labute approximate surface area is 87.3 Å². The Balaban J connectivity index is 2.23. The van der Waals surface area contributed by atoms with E-state index in [2.05, 4.69) is 28.3 Å². The van der Waals surface area contributed by atoms with Crippen LogP contribution in [0.1, 0.15) is 6.42 Å². The van der Waals surface area contributed by atoms with E-state index < -0.39 is 0 Å². The first kappa shape index (κ1) is 9.21. The lowest BCUT2D eigenvalue weighted by atomic mass is 10.3. The van der Waals surface area contributed by atoms with Crippen LogP contribution < -0.4 is 5.32 Å².